The molecule has 6 nitrogen and oxygen atoms in total. The number of carbonyl (C=O) groups is 1. The molecular weight excluding hydrogens is 349 g/mol. The quantitative estimate of drug-likeness (QED) is 0.731. The summed E-state index contributed by atoms with van der Waals surface area (Å²) in [5.74, 6) is -0.605. The summed E-state index contributed by atoms with van der Waals surface area (Å²) < 4.78 is 66.5. The van der Waals surface area contributed by atoms with E-state index < -0.39 is 34.8 Å². The number of hydrogen-bond donors (Lipinski definition) is 2. The molecule has 0 bridgehead atoms. The summed E-state index contributed by atoms with van der Waals surface area (Å²) in [6, 6.07) is 4.67. The molecule has 0 aliphatic carbocycles. The molecular formula is C14H19F3N2O4S. The lowest BCUT2D eigenvalue weighted by Gasteiger charge is -2.15. The SMILES string of the molecule is CCNS(=O)(=O)c1cccc(C(=O)NC(C)COCC(F)(F)F)c1. The van der Waals surface area contributed by atoms with E-state index in [0.29, 0.717) is 0 Å². The van der Waals surface area contributed by atoms with Crippen molar-refractivity contribution in [1.29, 1.82) is 0 Å². The summed E-state index contributed by atoms with van der Waals surface area (Å²) in [4.78, 5) is 12.0. The predicted octanol–water partition coefficient (Wildman–Crippen LogP) is 1.68. The van der Waals surface area contributed by atoms with Crippen molar-refractivity contribution in [2.75, 3.05) is 19.8 Å². The van der Waals surface area contributed by atoms with E-state index in [9.17, 15) is 26.4 Å². The molecule has 0 aliphatic heterocycles. The van der Waals surface area contributed by atoms with Crippen LogP contribution in [0.1, 0.15) is 24.2 Å². The Hall–Kier alpha value is -1.65. The van der Waals surface area contributed by atoms with Crippen molar-refractivity contribution >= 4 is 15.9 Å². The number of sulfonamides is 1. The Labute approximate surface area is 138 Å². The maximum atomic E-state index is 12.0. The first-order chi connectivity index (χ1) is 11.0. The fourth-order valence-electron chi connectivity index (χ4n) is 1.78. The van der Waals surface area contributed by atoms with E-state index in [0.717, 1.165) is 0 Å². The zero-order valence-corrected chi connectivity index (χ0v) is 14.0. The first-order valence-electron chi connectivity index (χ1n) is 7.10. The molecule has 24 heavy (non-hydrogen) atoms. The number of ether oxygens (including phenoxy) is 1. The fraction of sp³-hybridized carbons (Fsp3) is 0.500. The fourth-order valence-corrected chi connectivity index (χ4v) is 2.86. The maximum Gasteiger partial charge on any atom is 0.411 e. The van der Waals surface area contributed by atoms with Gasteiger partial charge in [0.1, 0.15) is 6.61 Å². The molecule has 136 valence electrons. The van der Waals surface area contributed by atoms with Gasteiger partial charge in [-0.05, 0) is 25.1 Å². The average molecular weight is 368 g/mol. The minimum atomic E-state index is -4.43. The van der Waals surface area contributed by atoms with E-state index in [2.05, 4.69) is 14.8 Å². The molecule has 0 heterocycles. The Kier molecular flexibility index (Phi) is 7.18. The van der Waals surface area contributed by atoms with Gasteiger partial charge in [0, 0.05) is 18.2 Å². The molecule has 0 saturated carbocycles. The first kappa shape index (κ1) is 20.4. The van der Waals surface area contributed by atoms with Crippen molar-refractivity contribution in [3.05, 3.63) is 29.8 Å². The predicted molar refractivity (Wildman–Crippen MR) is 81.1 cm³/mol. The third-order valence-electron chi connectivity index (χ3n) is 2.75. The molecule has 1 atom stereocenters. The Bertz CT molecular complexity index is 662. The van der Waals surface area contributed by atoms with Crippen LogP contribution in [0.25, 0.3) is 0 Å². The van der Waals surface area contributed by atoms with Crippen LogP contribution >= 0.6 is 0 Å². The van der Waals surface area contributed by atoms with Crippen LogP contribution in [0.3, 0.4) is 0 Å². The second-order valence-corrected chi connectivity index (χ2v) is 6.80. The first-order valence-corrected chi connectivity index (χ1v) is 8.58. The van der Waals surface area contributed by atoms with Crippen molar-refractivity contribution < 1.29 is 31.1 Å². The molecule has 1 amide bonds. The molecule has 1 aromatic carbocycles. The minimum Gasteiger partial charge on any atom is -0.370 e. The van der Waals surface area contributed by atoms with E-state index in [-0.39, 0.29) is 23.6 Å². The molecule has 0 saturated heterocycles. The molecule has 0 fully saturated rings. The molecule has 0 spiro atoms. The second kappa shape index (κ2) is 8.45. The van der Waals surface area contributed by atoms with Crippen LogP contribution in [-0.2, 0) is 14.8 Å². The maximum absolute atomic E-state index is 12.0. The summed E-state index contributed by atoms with van der Waals surface area (Å²) in [7, 11) is -3.71. The molecule has 0 aliphatic rings. The normalized spacial score (nSPS) is 13.5. The van der Waals surface area contributed by atoms with Gasteiger partial charge < -0.3 is 10.1 Å². The van der Waals surface area contributed by atoms with E-state index in [1.807, 2.05) is 0 Å². The van der Waals surface area contributed by atoms with E-state index in [1.54, 1.807) is 6.92 Å². The summed E-state index contributed by atoms with van der Waals surface area (Å²) in [6.45, 7) is 1.58. The molecule has 1 rings (SSSR count). The van der Waals surface area contributed by atoms with Crippen molar-refractivity contribution in [3.8, 4) is 0 Å². The third-order valence-corrected chi connectivity index (χ3v) is 4.30. The van der Waals surface area contributed by atoms with Crippen molar-refractivity contribution in [3.63, 3.8) is 0 Å². The monoisotopic (exact) mass is 368 g/mol. The average Bonchev–Trinajstić information content (AvgIpc) is 2.46. The highest BCUT2D eigenvalue weighted by molar-refractivity contribution is 7.89. The number of benzene rings is 1. The minimum absolute atomic E-state index is 0.0713. The topological polar surface area (TPSA) is 84.5 Å². The van der Waals surface area contributed by atoms with Gasteiger partial charge in [0.15, 0.2) is 0 Å². The van der Waals surface area contributed by atoms with Gasteiger partial charge in [-0.2, -0.15) is 13.2 Å². The van der Waals surface area contributed by atoms with Crippen LogP contribution in [0.15, 0.2) is 29.2 Å². The largest absolute Gasteiger partial charge is 0.411 e. The standard InChI is InChI=1S/C14H19F3N2O4S/c1-3-18-24(21,22)12-6-4-5-11(7-12)13(20)19-10(2)8-23-9-14(15,16)17/h4-7,10,18H,3,8-9H2,1-2H3,(H,19,20). The van der Waals surface area contributed by atoms with Gasteiger partial charge in [0.25, 0.3) is 5.91 Å². The van der Waals surface area contributed by atoms with Crippen molar-refractivity contribution in [1.82, 2.24) is 10.0 Å². The van der Waals surface area contributed by atoms with Crippen molar-refractivity contribution in [2.24, 2.45) is 0 Å². The summed E-state index contributed by atoms with van der Waals surface area (Å²) in [6.07, 6.45) is -4.43. The Balaban J connectivity index is 2.68. The molecule has 1 aromatic rings. The van der Waals surface area contributed by atoms with Crippen LogP contribution < -0.4 is 10.0 Å². The summed E-state index contributed by atoms with van der Waals surface area (Å²) >= 11 is 0. The van der Waals surface area contributed by atoms with Crippen molar-refractivity contribution in [2.45, 2.75) is 31.0 Å². The lowest BCUT2D eigenvalue weighted by molar-refractivity contribution is -0.174. The van der Waals surface area contributed by atoms with Gasteiger partial charge in [0.2, 0.25) is 10.0 Å². The number of carbonyl (C=O) groups excluding carboxylic acids is 1. The zero-order chi connectivity index (χ0) is 18.4. The Morgan fingerprint density at radius 2 is 2.00 bits per heavy atom. The number of rotatable bonds is 8. The van der Waals surface area contributed by atoms with Crippen LogP contribution in [0.4, 0.5) is 13.2 Å². The molecule has 1 unspecified atom stereocenters. The van der Waals surface area contributed by atoms with Gasteiger partial charge in [-0.3, -0.25) is 4.79 Å². The number of amides is 1. The Morgan fingerprint density at radius 1 is 1.33 bits per heavy atom. The van der Waals surface area contributed by atoms with E-state index in [4.69, 9.17) is 0 Å². The van der Waals surface area contributed by atoms with Gasteiger partial charge in [-0.1, -0.05) is 13.0 Å². The molecule has 0 radical (unpaired) electrons. The second-order valence-electron chi connectivity index (χ2n) is 5.03. The highest BCUT2D eigenvalue weighted by atomic mass is 32.2. The third kappa shape index (κ3) is 6.85. The van der Waals surface area contributed by atoms with Crippen LogP contribution in [0, 0.1) is 0 Å². The Morgan fingerprint density at radius 3 is 2.58 bits per heavy atom. The number of hydrogen-bond acceptors (Lipinski definition) is 4. The lowest BCUT2D eigenvalue weighted by atomic mass is 10.2. The molecule has 10 heteroatoms. The van der Waals surface area contributed by atoms with Crippen LogP contribution in [0.2, 0.25) is 0 Å². The number of halogens is 3. The van der Waals surface area contributed by atoms with Gasteiger partial charge >= 0.3 is 6.18 Å². The highest BCUT2D eigenvalue weighted by Gasteiger charge is 2.27. The summed E-state index contributed by atoms with van der Waals surface area (Å²) in [5, 5.41) is 2.45. The highest BCUT2D eigenvalue weighted by Crippen LogP contribution is 2.14. The van der Waals surface area contributed by atoms with Gasteiger partial charge in [-0.25, -0.2) is 13.1 Å². The number of nitrogens with one attached hydrogen (secondary N) is 2. The molecule has 2 N–H and O–H groups in total. The zero-order valence-electron chi connectivity index (χ0n) is 13.2. The van der Waals surface area contributed by atoms with E-state index in [1.165, 1.54) is 31.2 Å². The van der Waals surface area contributed by atoms with Gasteiger partial charge in [-0.15, -0.1) is 0 Å². The summed E-state index contributed by atoms with van der Waals surface area (Å²) in [5.41, 5.74) is 0.0802. The van der Waals surface area contributed by atoms with Crippen LogP contribution in [-0.4, -0.2) is 46.3 Å². The molecule has 0 aromatic heterocycles. The smallest absolute Gasteiger partial charge is 0.370 e. The number of alkyl halides is 3. The van der Waals surface area contributed by atoms with Gasteiger partial charge in [0.05, 0.1) is 11.5 Å². The lowest BCUT2D eigenvalue weighted by Crippen LogP contribution is -2.37. The van der Waals surface area contributed by atoms with E-state index >= 15 is 0 Å². The van der Waals surface area contributed by atoms with Crippen LogP contribution in [0.5, 0.6) is 0 Å².